The molecule has 5 nitrogen and oxygen atoms in total. The number of benzene rings is 1. The summed E-state index contributed by atoms with van der Waals surface area (Å²) in [6, 6.07) is 6.70. The monoisotopic (exact) mass is 425 g/mol. The second-order valence-corrected chi connectivity index (χ2v) is 8.71. The highest BCUT2D eigenvalue weighted by Gasteiger charge is 2.15. The molecule has 0 heterocycles. The van der Waals surface area contributed by atoms with Gasteiger partial charge in [0.25, 0.3) is 0 Å². The van der Waals surface area contributed by atoms with Crippen LogP contribution in [0.2, 0.25) is 0 Å². The maximum atomic E-state index is 11.9. The summed E-state index contributed by atoms with van der Waals surface area (Å²) >= 11 is 5.87. The highest BCUT2D eigenvalue weighted by atomic mass is 35.5. The molecule has 1 rings (SSSR count). The molecule has 1 atom stereocenters. The van der Waals surface area contributed by atoms with E-state index in [2.05, 4.69) is 28.5 Å². The van der Waals surface area contributed by atoms with Crippen molar-refractivity contribution in [1.29, 1.82) is 0 Å². The lowest BCUT2D eigenvalue weighted by molar-refractivity contribution is 0.601. The number of hydrogen-bond acceptors (Lipinski definition) is 4. The minimum Gasteiger partial charge on any atom is -0.270 e. The van der Waals surface area contributed by atoms with E-state index in [-0.39, 0.29) is 4.90 Å². The molecule has 7 heteroatoms. The number of aliphatic imine (C=N–C) groups is 1. The van der Waals surface area contributed by atoms with E-state index in [4.69, 9.17) is 11.6 Å². The van der Waals surface area contributed by atoms with Gasteiger partial charge in [-0.1, -0.05) is 56.7 Å². The van der Waals surface area contributed by atoms with Crippen molar-refractivity contribution < 1.29 is 8.42 Å². The van der Waals surface area contributed by atoms with Crippen molar-refractivity contribution in [3.63, 3.8) is 0 Å². The summed E-state index contributed by atoms with van der Waals surface area (Å²) in [5.41, 5.74) is 4.31. The van der Waals surface area contributed by atoms with E-state index >= 15 is 0 Å². The van der Waals surface area contributed by atoms with Crippen molar-refractivity contribution in [2.24, 2.45) is 16.0 Å². The molecule has 1 N–H and O–H groups in total. The first-order valence-electron chi connectivity index (χ1n) is 9.21. The van der Waals surface area contributed by atoms with Gasteiger partial charge in [0.15, 0.2) is 9.84 Å². The lowest BCUT2D eigenvalue weighted by Crippen LogP contribution is -2.21. The Morgan fingerprint density at radius 3 is 2.39 bits per heavy atom. The van der Waals surface area contributed by atoms with E-state index < -0.39 is 9.84 Å². The van der Waals surface area contributed by atoms with Crippen molar-refractivity contribution in [2.45, 2.75) is 45.9 Å². The van der Waals surface area contributed by atoms with E-state index in [1.54, 1.807) is 37.5 Å². The van der Waals surface area contributed by atoms with E-state index in [1.165, 1.54) is 6.26 Å². The summed E-state index contributed by atoms with van der Waals surface area (Å²) in [5.74, 6) is 0.738. The molecular formula is C21H32ClN3O2S. The first-order valence-corrected chi connectivity index (χ1v) is 11.5. The van der Waals surface area contributed by atoms with Crippen molar-refractivity contribution in [3.05, 3.63) is 52.6 Å². The van der Waals surface area contributed by atoms with Crippen LogP contribution in [0, 0.1) is 5.92 Å². The molecule has 156 valence electrons. The maximum absolute atomic E-state index is 11.9. The number of halogens is 1. The van der Waals surface area contributed by atoms with Crippen molar-refractivity contribution in [1.82, 2.24) is 5.43 Å². The quantitative estimate of drug-likeness (QED) is 0.371. The zero-order valence-electron chi connectivity index (χ0n) is 17.8. The number of nitrogens with zero attached hydrogens (tertiary/aromatic N) is 2. The molecular weight excluding hydrogens is 394 g/mol. The van der Waals surface area contributed by atoms with Crippen LogP contribution in [0.4, 0.5) is 0 Å². The van der Waals surface area contributed by atoms with Crippen LogP contribution in [-0.4, -0.2) is 33.8 Å². The van der Waals surface area contributed by atoms with Crippen LogP contribution < -0.4 is 5.43 Å². The van der Waals surface area contributed by atoms with E-state index in [9.17, 15) is 8.42 Å². The molecule has 1 unspecified atom stereocenters. The Morgan fingerprint density at radius 1 is 1.25 bits per heavy atom. The number of rotatable bonds is 7. The van der Waals surface area contributed by atoms with Gasteiger partial charge in [0.1, 0.15) is 5.84 Å². The molecule has 1 aromatic carbocycles. The molecule has 0 fully saturated rings. The molecule has 0 aliphatic carbocycles. The van der Waals surface area contributed by atoms with E-state index in [1.807, 2.05) is 33.8 Å². The zero-order chi connectivity index (χ0) is 21.7. The number of hydrogen-bond donors (Lipinski definition) is 1. The molecule has 28 heavy (non-hydrogen) atoms. The number of sulfone groups is 1. The SMILES string of the molecule is CC.CN=C(N/N=C/C(C)=C/CC(C)/C=C(\C)Cl)c1ccccc1S(C)(=O)=O. The average Bonchev–Trinajstić information content (AvgIpc) is 2.64. The van der Waals surface area contributed by atoms with Crippen LogP contribution in [0.5, 0.6) is 0 Å². The molecule has 0 bridgehead atoms. The third-order valence-electron chi connectivity index (χ3n) is 3.53. The average molecular weight is 426 g/mol. The Kier molecular flexibility index (Phi) is 12.4. The Labute approximate surface area is 175 Å². The molecule has 0 spiro atoms. The number of allylic oxidation sites excluding steroid dienone is 4. The van der Waals surface area contributed by atoms with Gasteiger partial charge in [-0.3, -0.25) is 10.4 Å². The number of nitrogens with one attached hydrogen (secondary N) is 1. The summed E-state index contributed by atoms with van der Waals surface area (Å²) in [5, 5.41) is 4.95. The van der Waals surface area contributed by atoms with Crippen LogP contribution >= 0.6 is 11.6 Å². The van der Waals surface area contributed by atoms with Gasteiger partial charge >= 0.3 is 0 Å². The Hall–Kier alpha value is -1.92. The largest absolute Gasteiger partial charge is 0.270 e. The van der Waals surface area contributed by atoms with Gasteiger partial charge in [-0.15, -0.1) is 0 Å². The topological polar surface area (TPSA) is 70.9 Å². The fourth-order valence-electron chi connectivity index (χ4n) is 2.30. The lowest BCUT2D eigenvalue weighted by atomic mass is 10.1. The third kappa shape index (κ3) is 9.85. The van der Waals surface area contributed by atoms with Crippen LogP contribution in [0.3, 0.4) is 0 Å². The Bertz CT molecular complexity index is 837. The highest BCUT2D eigenvalue weighted by Crippen LogP contribution is 2.15. The normalized spacial score (nSPS) is 14.5. The number of amidine groups is 1. The predicted molar refractivity (Wildman–Crippen MR) is 122 cm³/mol. The summed E-state index contributed by atoms with van der Waals surface area (Å²) in [7, 11) is -1.77. The summed E-state index contributed by atoms with van der Waals surface area (Å²) in [6.45, 7) is 9.90. The summed E-state index contributed by atoms with van der Waals surface area (Å²) < 4.78 is 23.9. The van der Waals surface area contributed by atoms with Crippen LogP contribution in [0.15, 0.2) is 62.0 Å². The van der Waals surface area contributed by atoms with Crippen LogP contribution in [0.1, 0.15) is 46.6 Å². The van der Waals surface area contributed by atoms with E-state index in [0.29, 0.717) is 17.3 Å². The van der Waals surface area contributed by atoms with Crippen molar-refractivity contribution >= 4 is 33.5 Å². The fourth-order valence-corrected chi connectivity index (χ4v) is 3.40. The van der Waals surface area contributed by atoms with Crippen LogP contribution in [0.25, 0.3) is 0 Å². The summed E-state index contributed by atoms with van der Waals surface area (Å²) in [6.07, 6.45) is 7.78. The first kappa shape index (κ1) is 26.1. The predicted octanol–water partition coefficient (Wildman–Crippen LogP) is 5.18. The summed E-state index contributed by atoms with van der Waals surface area (Å²) in [4.78, 5) is 4.34. The third-order valence-corrected chi connectivity index (χ3v) is 4.81. The molecule has 1 aromatic rings. The Balaban J connectivity index is 0.00000352. The van der Waals surface area contributed by atoms with E-state index in [0.717, 1.165) is 17.0 Å². The lowest BCUT2D eigenvalue weighted by Gasteiger charge is -2.09. The van der Waals surface area contributed by atoms with Gasteiger partial charge < -0.3 is 0 Å². The molecule has 0 aromatic heterocycles. The molecule has 0 amide bonds. The molecule has 0 saturated carbocycles. The van der Waals surface area contributed by atoms with Gasteiger partial charge in [0, 0.05) is 30.1 Å². The highest BCUT2D eigenvalue weighted by molar-refractivity contribution is 7.90. The minimum atomic E-state index is -3.36. The van der Waals surface area contributed by atoms with Crippen molar-refractivity contribution in [3.8, 4) is 0 Å². The fraction of sp³-hybridized carbons (Fsp3) is 0.429. The second-order valence-electron chi connectivity index (χ2n) is 6.13. The van der Waals surface area contributed by atoms with Gasteiger partial charge in [-0.25, -0.2) is 8.42 Å². The Morgan fingerprint density at radius 2 is 1.86 bits per heavy atom. The molecule has 0 saturated heterocycles. The van der Waals surface area contributed by atoms with Gasteiger partial charge in [0.2, 0.25) is 0 Å². The molecule has 0 radical (unpaired) electrons. The zero-order valence-corrected chi connectivity index (χ0v) is 19.4. The number of hydrazone groups is 1. The standard InChI is InChI=1S/C19H26ClN3O2S.C2H6/c1-14(12-16(3)20)10-11-15(2)13-22-23-19(21-4)17-8-6-7-9-18(17)26(5,24)25;1-2/h6-9,11-14H,10H2,1-5H3,(H,21,23);1-2H3/b15-11+,16-12+,22-13+;. The molecule has 0 aliphatic heterocycles. The van der Waals surface area contributed by atoms with Gasteiger partial charge in [-0.05, 0) is 43.9 Å². The maximum Gasteiger partial charge on any atom is 0.176 e. The van der Waals surface area contributed by atoms with Crippen molar-refractivity contribution in [2.75, 3.05) is 13.3 Å². The minimum absolute atomic E-state index is 0.215. The smallest absolute Gasteiger partial charge is 0.176 e. The molecule has 0 aliphatic rings. The second kappa shape index (κ2) is 13.3. The first-order chi connectivity index (χ1) is 13.1. The van der Waals surface area contributed by atoms with Gasteiger partial charge in [0.05, 0.1) is 4.90 Å². The van der Waals surface area contributed by atoms with Crippen LogP contribution in [-0.2, 0) is 9.84 Å². The van der Waals surface area contributed by atoms with Gasteiger partial charge in [-0.2, -0.15) is 5.10 Å².